The second kappa shape index (κ2) is 6.51. The summed E-state index contributed by atoms with van der Waals surface area (Å²) < 4.78 is 18.8. The molecule has 0 aromatic heterocycles. The van der Waals surface area contributed by atoms with E-state index in [0.717, 1.165) is 18.2 Å². The maximum Gasteiger partial charge on any atom is 0.311 e. The Morgan fingerprint density at radius 2 is 2.14 bits per heavy atom. The predicted octanol–water partition coefficient (Wildman–Crippen LogP) is 3.90. The number of benzene rings is 2. The zero-order valence-electron chi connectivity index (χ0n) is 11.1. The molecule has 0 aliphatic carbocycles. The van der Waals surface area contributed by atoms with Gasteiger partial charge in [0, 0.05) is 24.2 Å². The maximum atomic E-state index is 13.3. The quantitative estimate of drug-likeness (QED) is 0.672. The van der Waals surface area contributed by atoms with Crippen molar-refractivity contribution in [1.82, 2.24) is 5.32 Å². The van der Waals surface area contributed by atoms with Gasteiger partial charge in [0.1, 0.15) is 5.82 Å². The van der Waals surface area contributed by atoms with E-state index in [9.17, 15) is 14.5 Å². The van der Waals surface area contributed by atoms with E-state index in [-0.39, 0.29) is 17.2 Å². The molecule has 0 unspecified atom stereocenters. The van der Waals surface area contributed by atoms with E-state index in [1.807, 2.05) is 0 Å². The van der Waals surface area contributed by atoms with Crippen molar-refractivity contribution in [1.29, 1.82) is 0 Å². The topological polar surface area (TPSA) is 64.4 Å². The van der Waals surface area contributed by atoms with Gasteiger partial charge in [-0.3, -0.25) is 10.1 Å². The molecule has 0 aliphatic rings. The number of hydrogen-bond acceptors (Lipinski definition) is 4. The molecule has 7 heteroatoms. The van der Waals surface area contributed by atoms with Gasteiger partial charge < -0.3 is 10.1 Å². The van der Waals surface area contributed by atoms with Crippen LogP contribution in [0, 0.1) is 15.9 Å². The summed E-state index contributed by atoms with van der Waals surface area (Å²) in [5, 5.41) is 14.2. The fourth-order valence-electron chi connectivity index (χ4n) is 1.83. The monoisotopic (exact) mass is 310 g/mol. The Balaban J connectivity index is 2.47. The SMILES string of the molecule is CNCc1cccc(Cl)c1Oc1cc(F)ccc1[N+](=O)[O-]. The lowest BCUT2D eigenvalue weighted by molar-refractivity contribution is -0.385. The van der Waals surface area contributed by atoms with Crippen LogP contribution in [0.15, 0.2) is 36.4 Å². The molecule has 0 amide bonds. The number of nitrogens with zero attached hydrogens (tertiary/aromatic N) is 1. The van der Waals surface area contributed by atoms with E-state index < -0.39 is 10.7 Å². The van der Waals surface area contributed by atoms with Gasteiger partial charge in [-0.2, -0.15) is 0 Å². The lowest BCUT2D eigenvalue weighted by Gasteiger charge is -2.12. The zero-order valence-corrected chi connectivity index (χ0v) is 11.9. The van der Waals surface area contributed by atoms with Crippen molar-refractivity contribution in [2.24, 2.45) is 0 Å². The molecule has 2 aromatic rings. The number of hydrogen-bond donors (Lipinski definition) is 1. The molecule has 0 fully saturated rings. The smallest absolute Gasteiger partial charge is 0.311 e. The van der Waals surface area contributed by atoms with Gasteiger partial charge in [0.25, 0.3) is 0 Å². The Morgan fingerprint density at radius 1 is 1.38 bits per heavy atom. The van der Waals surface area contributed by atoms with Gasteiger partial charge in [0.05, 0.1) is 9.95 Å². The lowest BCUT2D eigenvalue weighted by atomic mass is 10.2. The number of rotatable bonds is 5. The first-order chi connectivity index (χ1) is 10.0. The second-order valence-corrected chi connectivity index (χ2v) is 4.64. The van der Waals surface area contributed by atoms with Crippen molar-refractivity contribution >= 4 is 17.3 Å². The van der Waals surface area contributed by atoms with E-state index in [1.54, 1.807) is 25.2 Å². The first-order valence-corrected chi connectivity index (χ1v) is 6.44. The molecule has 0 aliphatic heterocycles. The molecule has 2 aromatic carbocycles. The van der Waals surface area contributed by atoms with E-state index in [0.29, 0.717) is 17.1 Å². The molecule has 0 saturated carbocycles. The first kappa shape index (κ1) is 15.2. The summed E-state index contributed by atoms with van der Waals surface area (Å²) in [5.41, 5.74) is 0.385. The fourth-order valence-corrected chi connectivity index (χ4v) is 2.06. The van der Waals surface area contributed by atoms with Crippen LogP contribution < -0.4 is 10.1 Å². The van der Waals surface area contributed by atoms with Gasteiger partial charge in [0.2, 0.25) is 5.75 Å². The van der Waals surface area contributed by atoms with Crippen molar-refractivity contribution in [2.45, 2.75) is 6.54 Å². The third-order valence-electron chi connectivity index (χ3n) is 2.75. The Bertz CT molecular complexity index is 679. The predicted molar refractivity (Wildman–Crippen MR) is 77.3 cm³/mol. The second-order valence-electron chi connectivity index (χ2n) is 4.23. The minimum atomic E-state index is -0.636. The highest BCUT2D eigenvalue weighted by molar-refractivity contribution is 6.32. The molecular weight excluding hydrogens is 299 g/mol. The summed E-state index contributed by atoms with van der Waals surface area (Å²) in [6, 6.07) is 8.13. The standard InChI is InChI=1S/C14H12ClFN2O3/c1-17-8-9-3-2-4-11(15)14(9)21-13-7-10(16)5-6-12(13)18(19)20/h2-7,17H,8H2,1H3. The number of halogens is 2. The molecule has 5 nitrogen and oxygen atoms in total. The summed E-state index contributed by atoms with van der Waals surface area (Å²) in [6.45, 7) is 0.457. The van der Waals surface area contributed by atoms with Crippen molar-refractivity contribution in [3.8, 4) is 11.5 Å². The number of para-hydroxylation sites is 1. The van der Waals surface area contributed by atoms with Crippen LogP contribution >= 0.6 is 11.6 Å². The van der Waals surface area contributed by atoms with Crippen LogP contribution in [0.1, 0.15) is 5.56 Å². The minimum Gasteiger partial charge on any atom is -0.448 e. The van der Waals surface area contributed by atoms with Crippen molar-refractivity contribution < 1.29 is 14.1 Å². The lowest BCUT2D eigenvalue weighted by Crippen LogP contribution is -2.07. The van der Waals surface area contributed by atoms with Crippen molar-refractivity contribution in [2.75, 3.05) is 7.05 Å². The normalized spacial score (nSPS) is 10.4. The zero-order chi connectivity index (χ0) is 15.4. The molecule has 21 heavy (non-hydrogen) atoms. The van der Waals surface area contributed by atoms with Gasteiger partial charge in [-0.25, -0.2) is 4.39 Å². The molecule has 0 radical (unpaired) electrons. The van der Waals surface area contributed by atoms with Gasteiger partial charge in [0.15, 0.2) is 5.75 Å². The molecular formula is C14H12ClFN2O3. The summed E-state index contributed by atoms with van der Waals surface area (Å²) in [6.07, 6.45) is 0. The Kier molecular flexibility index (Phi) is 4.72. The van der Waals surface area contributed by atoms with E-state index in [1.165, 1.54) is 0 Å². The first-order valence-electron chi connectivity index (χ1n) is 6.06. The van der Waals surface area contributed by atoms with Gasteiger partial charge >= 0.3 is 5.69 Å². The molecule has 0 spiro atoms. The Hall–Kier alpha value is -2.18. The molecule has 1 N–H and O–H groups in total. The molecule has 2 rings (SSSR count). The minimum absolute atomic E-state index is 0.189. The van der Waals surface area contributed by atoms with Crippen LogP contribution in [0.5, 0.6) is 11.5 Å². The molecule has 0 heterocycles. The molecule has 0 atom stereocenters. The van der Waals surface area contributed by atoms with Crippen LogP contribution in [-0.2, 0) is 6.54 Å². The largest absolute Gasteiger partial charge is 0.448 e. The average Bonchev–Trinajstić information content (AvgIpc) is 2.42. The van der Waals surface area contributed by atoms with Gasteiger partial charge in [-0.1, -0.05) is 23.7 Å². The summed E-state index contributed by atoms with van der Waals surface area (Å²) >= 11 is 6.07. The van der Waals surface area contributed by atoms with E-state index in [2.05, 4.69) is 5.32 Å². The molecule has 0 bridgehead atoms. The molecule has 110 valence electrons. The van der Waals surface area contributed by atoms with E-state index in [4.69, 9.17) is 16.3 Å². The number of nitrogens with one attached hydrogen (secondary N) is 1. The van der Waals surface area contributed by atoms with Crippen LogP contribution in [0.4, 0.5) is 10.1 Å². The number of nitro groups is 1. The average molecular weight is 311 g/mol. The summed E-state index contributed by atoms with van der Waals surface area (Å²) in [5.74, 6) is -0.550. The number of nitro benzene ring substituents is 1. The maximum absolute atomic E-state index is 13.3. The van der Waals surface area contributed by atoms with Gasteiger partial charge in [-0.05, 0) is 19.2 Å². The number of ether oxygens (including phenoxy) is 1. The third kappa shape index (κ3) is 3.48. The van der Waals surface area contributed by atoms with Crippen molar-refractivity contribution in [3.63, 3.8) is 0 Å². The van der Waals surface area contributed by atoms with Crippen LogP contribution in [0.2, 0.25) is 5.02 Å². The highest BCUT2D eigenvalue weighted by Gasteiger charge is 2.19. The van der Waals surface area contributed by atoms with E-state index >= 15 is 0 Å². The van der Waals surface area contributed by atoms with Crippen LogP contribution in [0.3, 0.4) is 0 Å². The molecule has 0 saturated heterocycles. The third-order valence-corrected chi connectivity index (χ3v) is 3.04. The summed E-state index contributed by atoms with van der Waals surface area (Å²) in [4.78, 5) is 10.3. The van der Waals surface area contributed by atoms with Crippen LogP contribution in [-0.4, -0.2) is 12.0 Å². The Morgan fingerprint density at radius 3 is 2.81 bits per heavy atom. The Labute approximate surface area is 125 Å². The van der Waals surface area contributed by atoms with Crippen molar-refractivity contribution in [3.05, 3.63) is 62.9 Å². The highest BCUT2D eigenvalue weighted by Crippen LogP contribution is 2.37. The van der Waals surface area contributed by atoms with Crippen LogP contribution in [0.25, 0.3) is 0 Å². The fraction of sp³-hybridized carbons (Fsp3) is 0.143. The summed E-state index contributed by atoms with van der Waals surface area (Å²) in [7, 11) is 1.75. The van der Waals surface area contributed by atoms with Gasteiger partial charge in [-0.15, -0.1) is 0 Å². The highest BCUT2D eigenvalue weighted by atomic mass is 35.5.